The molecule has 158 valence electrons. The summed E-state index contributed by atoms with van der Waals surface area (Å²) in [6.07, 6.45) is 0. The second-order valence-electron chi connectivity index (χ2n) is 8.98. The second kappa shape index (κ2) is 7.44. The van der Waals surface area contributed by atoms with Crippen LogP contribution in [0.15, 0.2) is 22.6 Å². The first-order valence-corrected chi connectivity index (χ1v) is 10.4. The largest absolute Gasteiger partial charge is 0.466 e. The molecule has 1 N–H and O–H groups in total. The van der Waals surface area contributed by atoms with Crippen LogP contribution in [0.4, 0.5) is 5.82 Å². The van der Waals surface area contributed by atoms with Gasteiger partial charge in [-0.15, -0.1) is 0 Å². The molecule has 2 saturated heterocycles. The molecule has 2 aromatic heterocycles. The topological polar surface area (TPSA) is 93.6 Å². The van der Waals surface area contributed by atoms with Crippen molar-refractivity contribution in [2.24, 2.45) is 11.3 Å². The number of furan rings is 1. The number of pyridine rings is 1. The number of carbonyl (C=O) groups excluding carboxylic acids is 1. The van der Waals surface area contributed by atoms with E-state index < -0.39 is 5.41 Å². The van der Waals surface area contributed by atoms with Gasteiger partial charge in [0.15, 0.2) is 0 Å². The van der Waals surface area contributed by atoms with E-state index in [0.717, 1.165) is 11.5 Å². The van der Waals surface area contributed by atoms with Gasteiger partial charge in [-0.05, 0) is 38.0 Å². The van der Waals surface area contributed by atoms with E-state index >= 15 is 0 Å². The summed E-state index contributed by atoms with van der Waals surface area (Å²) in [5.74, 6) is 2.37. The Hall–Kier alpha value is -2.85. The van der Waals surface area contributed by atoms with Crippen LogP contribution < -0.4 is 4.90 Å². The molecule has 30 heavy (non-hydrogen) atoms. The third-order valence-electron chi connectivity index (χ3n) is 6.54. The molecule has 2 fully saturated rings. The van der Waals surface area contributed by atoms with Gasteiger partial charge in [0.2, 0.25) is 0 Å². The Kier molecular flexibility index (Phi) is 5.07. The molecule has 0 radical (unpaired) electrons. The number of nitriles is 1. The molecule has 0 bridgehead atoms. The number of fused-ring (bicyclic) bond motifs is 1. The second-order valence-corrected chi connectivity index (χ2v) is 8.98. The normalized spacial score (nSPS) is 23.2. The molecular weight excluding hydrogens is 380 g/mol. The van der Waals surface area contributed by atoms with Gasteiger partial charge in [0, 0.05) is 43.2 Å². The number of aryl methyl sites for hydroxylation is 2. The van der Waals surface area contributed by atoms with Crippen molar-refractivity contribution in [3.05, 3.63) is 46.5 Å². The molecule has 1 amide bonds. The molecule has 0 aliphatic carbocycles. The highest BCUT2D eigenvalue weighted by atomic mass is 16.3. The van der Waals surface area contributed by atoms with Crippen LogP contribution in [-0.4, -0.2) is 53.7 Å². The number of nitrogens with zero attached hydrogens (tertiary/aromatic N) is 4. The predicted octanol–water partition coefficient (Wildman–Crippen LogP) is 2.86. The minimum Gasteiger partial charge on any atom is -0.466 e. The van der Waals surface area contributed by atoms with Crippen LogP contribution in [0.1, 0.15) is 52.9 Å². The molecule has 7 heteroatoms. The standard InChI is InChI=1S/C23H28N4O3/c1-14(2)20-6-5-17(8-24)21(25-20)26-9-18-10-27(12-23(18,11-26)13-28)22(29)19-7-15(3)30-16(19)4/h5-7,14,18,28H,9-13H2,1-4H3/t18-,23+/m0/s1. The van der Waals surface area contributed by atoms with Crippen molar-refractivity contribution in [1.82, 2.24) is 9.88 Å². The molecule has 0 spiro atoms. The van der Waals surface area contributed by atoms with Gasteiger partial charge in [-0.2, -0.15) is 5.26 Å². The zero-order valence-corrected chi connectivity index (χ0v) is 18.0. The monoisotopic (exact) mass is 408 g/mol. The van der Waals surface area contributed by atoms with E-state index in [2.05, 4.69) is 24.8 Å². The molecule has 4 heterocycles. The van der Waals surface area contributed by atoms with Crippen LogP contribution >= 0.6 is 0 Å². The van der Waals surface area contributed by atoms with Crippen LogP contribution in [0, 0.1) is 36.5 Å². The van der Waals surface area contributed by atoms with E-state index in [1.165, 1.54) is 0 Å². The first-order chi connectivity index (χ1) is 14.3. The Morgan fingerprint density at radius 3 is 2.70 bits per heavy atom. The molecule has 0 unspecified atom stereocenters. The third-order valence-corrected chi connectivity index (χ3v) is 6.54. The minimum absolute atomic E-state index is 0.00684. The minimum atomic E-state index is -0.412. The zero-order chi connectivity index (χ0) is 21.6. The van der Waals surface area contributed by atoms with Crippen LogP contribution in [0.5, 0.6) is 0 Å². The first-order valence-electron chi connectivity index (χ1n) is 10.4. The summed E-state index contributed by atoms with van der Waals surface area (Å²) in [6.45, 7) is 10.1. The van der Waals surface area contributed by atoms with Crippen LogP contribution in [0.2, 0.25) is 0 Å². The highest BCUT2D eigenvalue weighted by Crippen LogP contribution is 2.44. The van der Waals surface area contributed by atoms with Gasteiger partial charge in [0.25, 0.3) is 5.91 Å². The fraction of sp³-hybridized carbons (Fsp3) is 0.522. The average molecular weight is 409 g/mol. The lowest BCUT2D eigenvalue weighted by Crippen LogP contribution is -2.39. The Labute approximate surface area is 176 Å². The van der Waals surface area contributed by atoms with E-state index in [0.29, 0.717) is 48.9 Å². The lowest BCUT2D eigenvalue weighted by molar-refractivity contribution is 0.0746. The summed E-state index contributed by atoms with van der Waals surface area (Å²) in [5.41, 5.74) is 1.67. The fourth-order valence-electron chi connectivity index (χ4n) is 4.85. The maximum absolute atomic E-state index is 13.1. The van der Waals surface area contributed by atoms with Crippen molar-refractivity contribution in [3.8, 4) is 6.07 Å². The Balaban J connectivity index is 1.58. The molecule has 0 aromatic carbocycles. The van der Waals surface area contributed by atoms with Gasteiger partial charge in [0.1, 0.15) is 23.4 Å². The summed E-state index contributed by atoms with van der Waals surface area (Å²) in [5, 5.41) is 19.9. The Bertz CT molecular complexity index is 1020. The smallest absolute Gasteiger partial charge is 0.257 e. The Morgan fingerprint density at radius 2 is 2.13 bits per heavy atom. The number of likely N-dealkylation sites (tertiary alicyclic amines) is 1. The summed E-state index contributed by atoms with van der Waals surface area (Å²) < 4.78 is 5.53. The van der Waals surface area contributed by atoms with Crippen molar-refractivity contribution in [2.45, 2.75) is 33.6 Å². The van der Waals surface area contributed by atoms with Crippen LogP contribution in [-0.2, 0) is 0 Å². The average Bonchev–Trinajstić information content (AvgIpc) is 3.36. The molecule has 2 aliphatic rings. The molecule has 0 saturated carbocycles. The Morgan fingerprint density at radius 1 is 1.37 bits per heavy atom. The quantitative estimate of drug-likeness (QED) is 0.836. The van der Waals surface area contributed by atoms with E-state index in [9.17, 15) is 15.2 Å². The van der Waals surface area contributed by atoms with Crippen molar-refractivity contribution < 1.29 is 14.3 Å². The molecule has 2 atom stereocenters. The zero-order valence-electron chi connectivity index (χ0n) is 18.0. The third kappa shape index (κ3) is 3.25. The highest BCUT2D eigenvalue weighted by Gasteiger charge is 2.54. The van der Waals surface area contributed by atoms with Crippen molar-refractivity contribution in [2.75, 3.05) is 37.7 Å². The van der Waals surface area contributed by atoms with Gasteiger partial charge >= 0.3 is 0 Å². The van der Waals surface area contributed by atoms with Crippen LogP contribution in [0.3, 0.4) is 0 Å². The number of anilines is 1. The highest BCUT2D eigenvalue weighted by molar-refractivity contribution is 5.95. The maximum Gasteiger partial charge on any atom is 0.257 e. The SMILES string of the molecule is Cc1cc(C(=O)N2C[C@@H]3CN(c4nc(C(C)C)ccc4C#N)C[C@]3(CO)C2)c(C)o1. The summed E-state index contributed by atoms with van der Waals surface area (Å²) in [4.78, 5) is 21.8. The number of carbonyl (C=O) groups is 1. The number of hydrogen-bond acceptors (Lipinski definition) is 6. The first kappa shape index (κ1) is 20.4. The molecular formula is C23H28N4O3. The fourth-order valence-corrected chi connectivity index (χ4v) is 4.85. The lowest BCUT2D eigenvalue weighted by Gasteiger charge is -2.28. The summed E-state index contributed by atoms with van der Waals surface area (Å²) in [6, 6.07) is 7.77. The van der Waals surface area contributed by atoms with Crippen molar-refractivity contribution >= 4 is 11.7 Å². The molecule has 2 aliphatic heterocycles. The van der Waals surface area contributed by atoms with E-state index in [-0.39, 0.29) is 24.3 Å². The van der Waals surface area contributed by atoms with Gasteiger partial charge in [0.05, 0.1) is 17.7 Å². The summed E-state index contributed by atoms with van der Waals surface area (Å²) in [7, 11) is 0. The van der Waals surface area contributed by atoms with Gasteiger partial charge in [-0.1, -0.05) is 13.8 Å². The van der Waals surface area contributed by atoms with Crippen LogP contribution in [0.25, 0.3) is 0 Å². The molecule has 7 nitrogen and oxygen atoms in total. The van der Waals surface area contributed by atoms with E-state index in [1.54, 1.807) is 13.0 Å². The number of amides is 1. The molecule has 4 rings (SSSR count). The maximum atomic E-state index is 13.1. The van der Waals surface area contributed by atoms with Crippen molar-refractivity contribution in [1.29, 1.82) is 5.26 Å². The van der Waals surface area contributed by atoms with Crippen molar-refractivity contribution in [3.63, 3.8) is 0 Å². The van der Waals surface area contributed by atoms with E-state index in [1.807, 2.05) is 24.0 Å². The number of rotatable bonds is 4. The molecule has 2 aromatic rings. The summed E-state index contributed by atoms with van der Waals surface area (Å²) >= 11 is 0. The van der Waals surface area contributed by atoms with Gasteiger partial charge in [-0.25, -0.2) is 4.98 Å². The van der Waals surface area contributed by atoms with Gasteiger partial charge < -0.3 is 19.3 Å². The number of aliphatic hydroxyl groups excluding tert-OH is 1. The number of aromatic nitrogens is 1. The lowest BCUT2D eigenvalue weighted by atomic mass is 9.82. The van der Waals surface area contributed by atoms with Gasteiger partial charge in [-0.3, -0.25) is 4.79 Å². The predicted molar refractivity (Wildman–Crippen MR) is 112 cm³/mol. The van der Waals surface area contributed by atoms with E-state index in [4.69, 9.17) is 9.40 Å². The number of aliphatic hydroxyl groups is 1. The number of hydrogen-bond donors (Lipinski definition) is 1.